The number of aromatic nitrogens is 1. The molecule has 27 heavy (non-hydrogen) atoms. The normalized spacial score (nSPS) is 15.2. The molecule has 1 aliphatic heterocycles. The molecule has 7 heteroatoms. The lowest BCUT2D eigenvalue weighted by Gasteiger charge is -2.38. The van der Waals surface area contributed by atoms with E-state index in [9.17, 15) is 9.59 Å². The second-order valence-corrected chi connectivity index (χ2v) is 7.99. The standard InChI is InChI=1S/C20H25BrN4O2/c1-14(2)24-8-10-25(11-9-24)16-6-4-15(5-7-16)20(27)22-18-13-23(3)12-17(21)19(18)26/h4-7,12-14H,8-11H2,1-3H3,(H,22,27). The molecule has 1 saturated heterocycles. The van der Waals surface area contributed by atoms with Crippen LogP contribution in [0.15, 0.2) is 45.9 Å². The molecule has 0 spiro atoms. The molecule has 1 aliphatic rings. The van der Waals surface area contributed by atoms with Crippen molar-refractivity contribution in [3.05, 3.63) is 56.9 Å². The molecule has 1 N–H and O–H groups in total. The summed E-state index contributed by atoms with van der Waals surface area (Å²) in [5, 5.41) is 2.70. The number of amides is 1. The Morgan fingerprint density at radius 1 is 1.07 bits per heavy atom. The van der Waals surface area contributed by atoms with Crippen LogP contribution in [0.1, 0.15) is 24.2 Å². The van der Waals surface area contributed by atoms with Gasteiger partial charge in [-0.3, -0.25) is 14.5 Å². The number of aryl methyl sites for hydroxylation is 1. The molecular formula is C20H25BrN4O2. The third-order valence-corrected chi connectivity index (χ3v) is 5.46. The van der Waals surface area contributed by atoms with Gasteiger partial charge in [0, 0.05) is 62.9 Å². The van der Waals surface area contributed by atoms with Crippen molar-refractivity contribution in [2.45, 2.75) is 19.9 Å². The summed E-state index contributed by atoms with van der Waals surface area (Å²) >= 11 is 3.22. The van der Waals surface area contributed by atoms with Crippen molar-refractivity contribution in [3.63, 3.8) is 0 Å². The van der Waals surface area contributed by atoms with Crippen molar-refractivity contribution in [2.24, 2.45) is 7.05 Å². The number of benzene rings is 1. The smallest absolute Gasteiger partial charge is 0.255 e. The number of carbonyl (C=O) groups excluding carboxylic acids is 1. The van der Waals surface area contributed by atoms with Crippen molar-refractivity contribution in [2.75, 3.05) is 36.4 Å². The number of hydrogen-bond donors (Lipinski definition) is 1. The van der Waals surface area contributed by atoms with Gasteiger partial charge in [-0.2, -0.15) is 0 Å². The highest BCUT2D eigenvalue weighted by molar-refractivity contribution is 9.10. The number of anilines is 2. The Morgan fingerprint density at radius 3 is 2.30 bits per heavy atom. The zero-order valence-corrected chi connectivity index (χ0v) is 17.5. The van der Waals surface area contributed by atoms with E-state index in [0.29, 0.717) is 16.1 Å². The molecule has 0 atom stereocenters. The Hall–Kier alpha value is -2.12. The highest BCUT2D eigenvalue weighted by Gasteiger charge is 2.19. The summed E-state index contributed by atoms with van der Waals surface area (Å²) < 4.78 is 2.14. The minimum atomic E-state index is -0.290. The van der Waals surface area contributed by atoms with Crippen LogP contribution in [-0.4, -0.2) is 47.6 Å². The van der Waals surface area contributed by atoms with E-state index in [0.717, 1.165) is 31.9 Å². The maximum Gasteiger partial charge on any atom is 0.255 e. The van der Waals surface area contributed by atoms with Crippen molar-refractivity contribution in [1.82, 2.24) is 9.47 Å². The second-order valence-electron chi connectivity index (χ2n) is 7.13. The molecule has 1 aromatic carbocycles. The van der Waals surface area contributed by atoms with Gasteiger partial charge in [-0.05, 0) is 54.0 Å². The minimum absolute atomic E-state index is 0.235. The fourth-order valence-electron chi connectivity index (χ4n) is 3.27. The van der Waals surface area contributed by atoms with Gasteiger partial charge in [0.25, 0.3) is 5.91 Å². The van der Waals surface area contributed by atoms with Crippen molar-refractivity contribution in [1.29, 1.82) is 0 Å². The zero-order valence-electron chi connectivity index (χ0n) is 15.9. The number of halogens is 1. The summed E-state index contributed by atoms with van der Waals surface area (Å²) in [4.78, 5) is 29.4. The van der Waals surface area contributed by atoms with Crippen molar-refractivity contribution < 1.29 is 4.79 Å². The number of nitrogens with one attached hydrogen (secondary N) is 1. The highest BCUT2D eigenvalue weighted by atomic mass is 79.9. The van der Waals surface area contributed by atoms with Crippen LogP contribution in [0.4, 0.5) is 11.4 Å². The molecule has 2 aromatic rings. The van der Waals surface area contributed by atoms with E-state index in [4.69, 9.17) is 0 Å². The first kappa shape index (κ1) is 19.6. The van der Waals surface area contributed by atoms with E-state index in [1.807, 2.05) is 24.3 Å². The monoisotopic (exact) mass is 432 g/mol. The number of carbonyl (C=O) groups is 1. The van der Waals surface area contributed by atoms with Crippen molar-refractivity contribution >= 4 is 33.2 Å². The number of hydrogen-bond acceptors (Lipinski definition) is 4. The number of nitrogens with zero attached hydrogens (tertiary/aromatic N) is 3. The van der Waals surface area contributed by atoms with Crippen LogP contribution >= 0.6 is 15.9 Å². The molecule has 1 fully saturated rings. The van der Waals surface area contributed by atoms with Gasteiger partial charge in [-0.1, -0.05) is 0 Å². The van der Waals surface area contributed by atoms with E-state index in [-0.39, 0.29) is 17.0 Å². The molecular weight excluding hydrogens is 408 g/mol. The van der Waals surface area contributed by atoms with E-state index in [1.54, 1.807) is 24.0 Å². The lowest BCUT2D eigenvalue weighted by Crippen LogP contribution is -2.48. The first-order chi connectivity index (χ1) is 12.8. The van der Waals surface area contributed by atoms with Crippen LogP contribution in [0.5, 0.6) is 0 Å². The third kappa shape index (κ3) is 4.59. The quantitative estimate of drug-likeness (QED) is 0.806. The second kappa shape index (κ2) is 8.27. The summed E-state index contributed by atoms with van der Waals surface area (Å²) in [6.07, 6.45) is 3.26. The molecule has 0 aliphatic carbocycles. The Kier molecular flexibility index (Phi) is 6.01. The number of pyridine rings is 1. The lowest BCUT2D eigenvalue weighted by atomic mass is 10.1. The first-order valence-electron chi connectivity index (χ1n) is 9.11. The van der Waals surface area contributed by atoms with Gasteiger partial charge in [0.05, 0.1) is 4.47 Å². The molecule has 0 bridgehead atoms. The fourth-order valence-corrected chi connectivity index (χ4v) is 3.81. The summed E-state index contributed by atoms with van der Waals surface area (Å²) in [5.41, 5.74) is 1.67. The van der Waals surface area contributed by atoms with Crippen LogP contribution < -0.4 is 15.6 Å². The van der Waals surface area contributed by atoms with Crippen LogP contribution in [0.2, 0.25) is 0 Å². The van der Waals surface area contributed by atoms with Gasteiger partial charge in [0.1, 0.15) is 5.69 Å². The van der Waals surface area contributed by atoms with Gasteiger partial charge in [0.15, 0.2) is 0 Å². The van der Waals surface area contributed by atoms with Gasteiger partial charge in [0.2, 0.25) is 5.43 Å². The SMILES string of the molecule is CC(C)N1CCN(c2ccc(C(=O)Nc3cn(C)cc(Br)c3=O)cc2)CC1. The maximum atomic E-state index is 12.5. The zero-order chi connectivity index (χ0) is 19.6. The maximum absolute atomic E-state index is 12.5. The van der Waals surface area contributed by atoms with Crippen LogP contribution in [0.3, 0.4) is 0 Å². The van der Waals surface area contributed by atoms with Gasteiger partial charge >= 0.3 is 0 Å². The first-order valence-corrected chi connectivity index (χ1v) is 9.90. The molecule has 1 aromatic heterocycles. The lowest BCUT2D eigenvalue weighted by molar-refractivity contribution is 0.102. The Labute approximate surface area is 167 Å². The van der Waals surface area contributed by atoms with E-state index in [1.165, 1.54) is 0 Å². The molecule has 0 saturated carbocycles. The molecule has 6 nitrogen and oxygen atoms in total. The molecule has 1 amide bonds. The average Bonchev–Trinajstić information content (AvgIpc) is 2.66. The number of piperazine rings is 1. The van der Waals surface area contributed by atoms with Gasteiger partial charge in [-0.25, -0.2) is 0 Å². The predicted molar refractivity (Wildman–Crippen MR) is 113 cm³/mol. The van der Waals surface area contributed by atoms with E-state index in [2.05, 4.69) is 44.9 Å². The van der Waals surface area contributed by atoms with Gasteiger partial charge in [-0.15, -0.1) is 0 Å². The molecule has 2 heterocycles. The van der Waals surface area contributed by atoms with Crippen LogP contribution in [0, 0.1) is 0 Å². The molecule has 3 rings (SSSR count). The molecule has 0 unspecified atom stereocenters. The summed E-state index contributed by atoms with van der Waals surface area (Å²) in [5.74, 6) is -0.290. The Bertz CT molecular complexity index is 869. The highest BCUT2D eigenvalue weighted by Crippen LogP contribution is 2.19. The third-order valence-electron chi connectivity index (χ3n) is 4.90. The fraction of sp³-hybridized carbons (Fsp3) is 0.400. The van der Waals surface area contributed by atoms with Gasteiger partial charge < -0.3 is 14.8 Å². The van der Waals surface area contributed by atoms with Crippen LogP contribution in [0.25, 0.3) is 0 Å². The van der Waals surface area contributed by atoms with Crippen molar-refractivity contribution in [3.8, 4) is 0 Å². The average molecular weight is 433 g/mol. The summed E-state index contributed by atoms with van der Waals surface area (Å²) in [7, 11) is 1.80. The van der Waals surface area contributed by atoms with E-state index >= 15 is 0 Å². The minimum Gasteiger partial charge on any atom is -0.369 e. The largest absolute Gasteiger partial charge is 0.369 e. The van der Waals surface area contributed by atoms with E-state index < -0.39 is 0 Å². The Balaban J connectivity index is 1.67. The van der Waals surface area contributed by atoms with Crippen LogP contribution in [-0.2, 0) is 7.05 Å². The molecule has 144 valence electrons. The predicted octanol–water partition coefficient (Wildman–Crippen LogP) is 2.93. The molecule has 0 radical (unpaired) electrons. The number of rotatable bonds is 4. The summed E-state index contributed by atoms with van der Waals surface area (Å²) in [6.45, 7) is 8.51. The summed E-state index contributed by atoms with van der Waals surface area (Å²) in [6, 6.07) is 8.13. The Morgan fingerprint density at radius 2 is 1.70 bits per heavy atom. The topological polar surface area (TPSA) is 57.6 Å².